The second-order valence-corrected chi connectivity index (χ2v) is 7.52. The lowest BCUT2D eigenvalue weighted by Gasteiger charge is -2.33. The van der Waals surface area contributed by atoms with E-state index in [0.717, 1.165) is 36.1 Å². The summed E-state index contributed by atoms with van der Waals surface area (Å²) in [5.74, 6) is 0.156. The highest BCUT2D eigenvalue weighted by atomic mass is 79.9. The zero-order valence-corrected chi connectivity index (χ0v) is 13.3. The Morgan fingerprint density at radius 2 is 2.05 bits per heavy atom. The molecule has 1 aliphatic rings. The van der Waals surface area contributed by atoms with E-state index in [2.05, 4.69) is 26.9 Å². The van der Waals surface area contributed by atoms with E-state index in [4.69, 9.17) is 5.14 Å². The molecule has 20 heavy (non-hydrogen) atoms. The number of nitrogens with two attached hydrogens (primary N) is 1. The van der Waals surface area contributed by atoms with E-state index in [1.165, 1.54) is 0 Å². The first-order valence-corrected chi connectivity index (χ1v) is 8.85. The van der Waals surface area contributed by atoms with Crippen LogP contribution in [0.5, 0.6) is 0 Å². The number of hydrogen-bond donors (Lipinski definition) is 1. The second-order valence-electron chi connectivity index (χ2n) is 5.01. The van der Waals surface area contributed by atoms with Crippen LogP contribution in [0.15, 0.2) is 22.7 Å². The van der Waals surface area contributed by atoms with E-state index < -0.39 is 10.0 Å². The van der Waals surface area contributed by atoms with Gasteiger partial charge in [0.25, 0.3) is 0 Å². The molecule has 0 aromatic heterocycles. The molecule has 1 saturated heterocycles. The fourth-order valence-electron chi connectivity index (χ4n) is 2.56. The Balaban J connectivity index is 2.09. The molecular weight excluding hydrogens is 342 g/mol. The highest BCUT2D eigenvalue weighted by Crippen LogP contribution is 2.30. The molecule has 0 radical (unpaired) electrons. The summed E-state index contributed by atoms with van der Waals surface area (Å²) in [5.41, 5.74) is 1.52. The van der Waals surface area contributed by atoms with Crippen molar-refractivity contribution < 1.29 is 8.42 Å². The van der Waals surface area contributed by atoms with E-state index >= 15 is 0 Å². The van der Waals surface area contributed by atoms with E-state index in [1.807, 2.05) is 18.2 Å². The molecule has 2 rings (SSSR count). The number of hydrogen-bond acceptors (Lipinski definition) is 4. The molecular formula is C13H16BrN3O2S. The Labute approximate surface area is 127 Å². The summed E-state index contributed by atoms with van der Waals surface area (Å²) in [6.45, 7) is 1.48. The molecule has 1 aliphatic heterocycles. The third-order valence-corrected chi connectivity index (χ3v) is 5.12. The van der Waals surface area contributed by atoms with Gasteiger partial charge in [-0.25, -0.2) is 13.6 Å². The summed E-state index contributed by atoms with van der Waals surface area (Å²) in [5, 5.41) is 14.3. The van der Waals surface area contributed by atoms with Crippen molar-refractivity contribution in [2.45, 2.75) is 12.8 Å². The molecule has 108 valence electrons. The predicted octanol–water partition coefficient (Wildman–Crippen LogP) is 1.83. The van der Waals surface area contributed by atoms with Gasteiger partial charge in [-0.15, -0.1) is 0 Å². The minimum Gasteiger partial charge on any atom is -0.370 e. The molecule has 0 bridgehead atoms. The van der Waals surface area contributed by atoms with Gasteiger partial charge in [0.05, 0.1) is 17.0 Å². The van der Waals surface area contributed by atoms with Gasteiger partial charge in [0.1, 0.15) is 6.07 Å². The Bertz CT molecular complexity index is 632. The molecule has 0 spiro atoms. The van der Waals surface area contributed by atoms with Crippen LogP contribution in [0.4, 0.5) is 5.69 Å². The number of rotatable bonds is 3. The molecule has 0 saturated carbocycles. The average molecular weight is 358 g/mol. The van der Waals surface area contributed by atoms with Crippen molar-refractivity contribution in [2.75, 3.05) is 23.7 Å². The third kappa shape index (κ3) is 3.72. The normalized spacial score (nSPS) is 16.9. The van der Waals surface area contributed by atoms with Crippen LogP contribution < -0.4 is 10.0 Å². The Kier molecular flexibility index (Phi) is 4.68. The van der Waals surface area contributed by atoms with Crippen LogP contribution in [-0.2, 0) is 10.0 Å². The topological polar surface area (TPSA) is 87.2 Å². The first-order chi connectivity index (χ1) is 9.40. The lowest BCUT2D eigenvalue weighted by molar-refractivity contribution is 0.436. The van der Waals surface area contributed by atoms with Crippen LogP contribution in [0.25, 0.3) is 0 Å². The van der Waals surface area contributed by atoms with Crippen molar-refractivity contribution >= 4 is 31.6 Å². The molecule has 0 atom stereocenters. The number of sulfonamides is 1. The summed E-state index contributed by atoms with van der Waals surface area (Å²) < 4.78 is 23.0. The van der Waals surface area contributed by atoms with Crippen LogP contribution in [0.2, 0.25) is 0 Å². The maximum atomic E-state index is 11.1. The fraction of sp³-hybridized carbons (Fsp3) is 0.462. The summed E-state index contributed by atoms with van der Waals surface area (Å²) in [6.07, 6.45) is 1.54. The first kappa shape index (κ1) is 15.3. The minimum atomic E-state index is -3.40. The van der Waals surface area contributed by atoms with Gasteiger partial charge in [-0.1, -0.05) is 6.07 Å². The molecule has 5 nitrogen and oxygen atoms in total. The molecule has 1 fully saturated rings. The summed E-state index contributed by atoms with van der Waals surface area (Å²) in [7, 11) is -3.40. The molecule has 7 heteroatoms. The fourth-order valence-corrected chi connectivity index (χ4v) is 3.99. The van der Waals surface area contributed by atoms with Gasteiger partial charge < -0.3 is 4.90 Å². The number of nitrogens with zero attached hydrogens (tertiary/aromatic N) is 2. The van der Waals surface area contributed by atoms with Crippen LogP contribution in [0.1, 0.15) is 18.4 Å². The van der Waals surface area contributed by atoms with Crippen molar-refractivity contribution in [2.24, 2.45) is 11.1 Å². The maximum Gasteiger partial charge on any atom is 0.209 e. The number of halogens is 1. The molecule has 0 aliphatic carbocycles. The summed E-state index contributed by atoms with van der Waals surface area (Å²) >= 11 is 3.38. The van der Waals surface area contributed by atoms with Gasteiger partial charge in [0, 0.05) is 17.6 Å². The van der Waals surface area contributed by atoms with Crippen molar-refractivity contribution in [3.8, 4) is 6.07 Å². The lowest BCUT2D eigenvalue weighted by atomic mass is 9.98. The van der Waals surface area contributed by atoms with Gasteiger partial charge in [-0.2, -0.15) is 5.26 Å². The van der Waals surface area contributed by atoms with Gasteiger partial charge >= 0.3 is 0 Å². The Hall–Kier alpha value is -1.10. The van der Waals surface area contributed by atoms with Gasteiger partial charge in [-0.05, 0) is 46.8 Å². The molecule has 1 heterocycles. The summed E-state index contributed by atoms with van der Waals surface area (Å²) in [4.78, 5) is 2.13. The third-order valence-electron chi connectivity index (χ3n) is 3.53. The highest BCUT2D eigenvalue weighted by Gasteiger charge is 2.24. The number of benzene rings is 1. The smallest absolute Gasteiger partial charge is 0.209 e. The van der Waals surface area contributed by atoms with Crippen molar-refractivity contribution in [3.05, 3.63) is 28.2 Å². The van der Waals surface area contributed by atoms with E-state index in [0.29, 0.717) is 5.56 Å². The second kappa shape index (κ2) is 6.12. The highest BCUT2D eigenvalue weighted by molar-refractivity contribution is 9.10. The Morgan fingerprint density at radius 1 is 1.40 bits per heavy atom. The predicted molar refractivity (Wildman–Crippen MR) is 81.8 cm³/mol. The molecule has 0 amide bonds. The number of nitriles is 1. The average Bonchev–Trinajstić information content (AvgIpc) is 2.37. The molecule has 0 unspecified atom stereocenters. The van der Waals surface area contributed by atoms with Crippen LogP contribution in [0, 0.1) is 17.2 Å². The largest absolute Gasteiger partial charge is 0.370 e. The minimum absolute atomic E-state index is 0.0461. The first-order valence-electron chi connectivity index (χ1n) is 6.35. The van der Waals surface area contributed by atoms with Crippen LogP contribution >= 0.6 is 15.9 Å². The van der Waals surface area contributed by atoms with Crippen molar-refractivity contribution in [1.82, 2.24) is 0 Å². The number of piperidine rings is 1. The van der Waals surface area contributed by atoms with Crippen molar-refractivity contribution in [1.29, 1.82) is 5.26 Å². The summed E-state index contributed by atoms with van der Waals surface area (Å²) in [6, 6.07) is 7.87. The Morgan fingerprint density at radius 3 is 2.60 bits per heavy atom. The van der Waals surface area contributed by atoms with Crippen molar-refractivity contribution in [3.63, 3.8) is 0 Å². The van der Waals surface area contributed by atoms with Crippen LogP contribution in [-0.4, -0.2) is 27.3 Å². The van der Waals surface area contributed by atoms with E-state index in [1.54, 1.807) is 0 Å². The quantitative estimate of drug-likeness (QED) is 0.893. The van der Waals surface area contributed by atoms with Gasteiger partial charge in [0.15, 0.2) is 0 Å². The zero-order valence-electron chi connectivity index (χ0n) is 10.9. The lowest BCUT2D eigenvalue weighted by Crippen LogP contribution is -2.37. The molecule has 1 aromatic carbocycles. The molecule has 1 aromatic rings. The zero-order chi connectivity index (χ0) is 14.8. The standard InChI is InChI=1S/C13H16BrN3O2S/c14-12-2-1-3-13(11(12)8-15)17-6-4-10(5-7-17)9-20(16,18)19/h1-3,10H,4-7,9H2,(H2,16,18,19). The monoisotopic (exact) mass is 357 g/mol. The van der Waals surface area contributed by atoms with Crippen LogP contribution in [0.3, 0.4) is 0 Å². The number of primary sulfonamides is 1. The molecule has 2 N–H and O–H groups in total. The van der Waals surface area contributed by atoms with Gasteiger partial charge in [-0.3, -0.25) is 0 Å². The van der Waals surface area contributed by atoms with E-state index in [9.17, 15) is 13.7 Å². The SMILES string of the molecule is N#Cc1c(Br)cccc1N1CCC(CS(N)(=O)=O)CC1. The van der Waals surface area contributed by atoms with E-state index in [-0.39, 0.29) is 11.7 Å². The number of anilines is 1. The maximum absolute atomic E-state index is 11.1. The van der Waals surface area contributed by atoms with Gasteiger partial charge in [0.2, 0.25) is 10.0 Å².